The molecule has 1 fully saturated rings. The largest absolute Gasteiger partial charge is 0.354 e. The third kappa shape index (κ3) is 4.28. The lowest BCUT2D eigenvalue weighted by Crippen LogP contribution is -2.45. The molecule has 2 aromatic heterocycles. The molecule has 4 aromatic rings. The Kier molecular flexibility index (Phi) is 6.30. The number of fused-ring (bicyclic) bond motifs is 1. The Morgan fingerprint density at radius 3 is 2.71 bits per heavy atom. The van der Waals surface area contributed by atoms with Crippen molar-refractivity contribution in [1.29, 1.82) is 0 Å². The van der Waals surface area contributed by atoms with Crippen LogP contribution < -0.4 is 4.90 Å². The van der Waals surface area contributed by atoms with Gasteiger partial charge in [-0.1, -0.05) is 62.7 Å². The SMILES string of the molecule is CCCCN(C(=O)c1cccc(-c2ccccc2)c1)C1CN(c2ncnc3[nH]ccc23)C[C@@H]1C. The average molecular weight is 454 g/mol. The van der Waals surface area contributed by atoms with Gasteiger partial charge in [-0.15, -0.1) is 0 Å². The van der Waals surface area contributed by atoms with Gasteiger partial charge in [0.05, 0.1) is 11.4 Å². The molecule has 0 aliphatic carbocycles. The number of hydrogen-bond donors (Lipinski definition) is 1. The predicted molar refractivity (Wildman–Crippen MR) is 137 cm³/mol. The normalized spacial score (nSPS) is 17.9. The molecule has 0 saturated carbocycles. The topological polar surface area (TPSA) is 65.1 Å². The van der Waals surface area contributed by atoms with Crippen molar-refractivity contribution < 1.29 is 4.79 Å². The number of aromatic nitrogens is 3. The van der Waals surface area contributed by atoms with Crippen LogP contribution in [0.2, 0.25) is 0 Å². The zero-order valence-electron chi connectivity index (χ0n) is 19.8. The van der Waals surface area contributed by atoms with Crippen molar-refractivity contribution in [3.05, 3.63) is 78.8 Å². The van der Waals surface area contributed by atoms with E-state index in [1.165, 1.54) is 0 Å². The molecule has 0 bridgehead atoms. The van der Waals surface area contributed by atoms with Crippen molar-refractivity contribution in [3.63, 3.8) is 0 Å². The van der Waals surface area contributed by atoms with Gasteiger partial charge in [-0.2, -0.15) is 0 Å². The number of carbonyl (C=O) groups excluding carboxylic acids is 1. The van der Waals surface area contributed by atoms with Crippen LogP contribution in [-0.2, 0) is 0 Å². The van der Waals surface area contributed by atoms with Crippen LogP contribution in [0.15, 0.2) is 73.2 Å². The first-order valence-corrected chi connectivity index (χ1v) is 12.1. The molecule has 3 heterocycles. The van der Waals surface area contributed by atoms with Crippen molar-refractivity contribution in [2.24, 2.45) is 5.92 Å². The molecule has 1 unspecified atom stereocenters. The van der Waals surface area contributed by atoms with Crippen LogP contribution in [0.5, 0.6) is 0 Å². The summed E-state index contributed by atoms with van der Waals surface area (Å²) in [6, 6.07) is 20.4. The van der Waals surface area contributed by atoms with Gasteiger partial charge < -0.3 is 14.8 Å². The molecule has 1 aliphatic rings. The molecule has 0 spiro atoms. The second-order valence-corrected chi connectivity index (χ2v) is 9.19. The second-order valence-electron chi connectivity index (χ2n) is 9.19. The molecule has 174 valence electrons. The van der Waals surface area contributed by atoms with Crippen LogP contribution in [0.3, 0.4) is 0 Å². The highest BCUT2D eigenvalue weighted by molar-refractivity contribution is 5.96. The van der Waals surface area contributed by atoms with E-state index in [0.29, 0.717) is 5.92 Å². The number of nitrogens with zero attached hydrogens (tertiary/aromatic N) is 4. The number of rotatable bonds is 7. The quantitative estimate of drug-likeness (QED) is 0.407. The van der Waals surface area contributed by atoms with Gasteiger partial charge in [0.25, 0.3) is 5.91 Å². The maximum atomic E-state index is 13.9. The molecule has 1 amide bonds. The van der Waals surface area contributed by atoms with E-state index >= 15 is 0 Å². The first-order chi connectivity index (χ1) is 16.7. The molecule has 5 rings (SSSR count). The highest BCUT2D eigenvalue weighted by Crippen LogP contribution is 2.31. The maximum absolute atomic E-state index is 13.9. The Bertz CT molecular complexity index is 1270. The fourth-order valence-corrected chi connectivity index (χ4v) is 5.01. The van der Waals surface area contributed by atoms with E-state index in [2.05, 4.69) is 56.8 Å². The van der Waals surface area contributed by atoms with Crippen LogP contribution >= 0.6 is 0 Å². The monoisotopic (exact) mass is 453 g/mol. The van der Waals surface area contributed by atoms with Gasteiger partial charge >= 0.3 is 0 Å². The summed E-state index contributed by atoms with van der Waals surface area (Å²) in [6.45, 7) is 6.81. The molecule has 1 saturated heterocycles. The number of anilines is 1. The van der Waals surface area contributed by atoms with Crippen LogP contribution in [-0.4, -0.2) is 51.4 Å². The van der Waals surface area contributed by atoms with Crippen LogP contribution in [0, 0.1) is 5.92 Å². The summed E-state index contributed by atoms with van der Waals surface area (Å²) < 4.78 is 0. The first-order valence-electron chi connectivity index (χ1n) is 12.1. The van der Waals surface area contributed by atoms with E-state index in [4.69, 9.17) is 0 Å². The summed E-state index contributed by atoms with van der Waals surface area (Å²) in [5.41, 5.74) is 3.78. The van der Waals surface area contributed by atoms with Crippen LogP contribution in [0.1, 0.15) is 37.0 Å². The summed E-state index contributed by atoms with van der Waals surface area (Å²) in [7, 11) is 0. The van der Waals surface area contributed by atoms with Crippen molar-refractivity contribution >= 4 is 22.8 Å². The van der Waals surface area contributed by atoms with Crippen molar-refractivity contribution in [3.8, 4) is 11.1 Å². The summed E-state index contributed by atoms with van der Waals surface area (Å²) >= 11 is 0. The fraction of sp³-hybridized carbons (Fsp3) is 0.321. The molecule has 1 N–H and O–H groups in total. The Morgan fingerprint density at radius 1 is 1.06 bits per heavy atom. The summed E-state index contributed by atoms with van der Waals surface area (Å²) in [5, 5.41) is 1.03. The molecule has 2 atom stereocenters. The van der Waals surface area contributed by atoms with Crippen LogP contribution in [0.25, 0.3) is 22.2 Å². The molecular weight excluding hydrogens is 422 g/mol. The Labute approximate surface area is 200 Å². The van der Waals surface area contributed by atoms with E-state index in [1.54, 1.807) is 6.33 Å². The minimum Gasteiger partial charge on any atom is -0.354 e. The van der Waals surface area contributed by atoms with E-state index in [1.807, 2.05) is 48.7 Å². The number of unbranched alkanes of at least 4 members (excludes halogenated alkanes) is 1. The average Bonchev–Trinajstić information content (AvgIpc) is 3.51. The molecule has 6 heteroatoms. The molecular formula is C28H31N5O. The van der Waals surface area contributed by atoms with Gasteiger partial charge in [-0.25, -0.2) is 9.97 Å². The van der Waals surface area contributed by atoms with E-state index in [-0.39, 0.29) is 11.9 Å². The predicted octanol–water partition coefficient (Wildman–Crippen LogP) is 5.39. The number of nitrogens with one attached hydrogen (secondary N) is 1. The lowest BCUT2D eigenvalue weighted by Gasteiger charge is -2.32. The van der Waals surface area contributed by atoms with Gasteiger partial charge in [0.1, 0.15) is 17.8 Å². The van der Waals surface area contributed by atoms with Crippen molar-refractivity contribution in [2.75, 3.05) is 24.5 Å². The molecule has 34 heavy (non-hydrogen) atoms. The lowest BCUT2D eigenvalue weighted by molar-refractivity contribution is 0.0656. The van der Waals surface area contributed by atoms with E-state index in [9.17, 15) is 4.79 Å². The van der Waals surface area contributed by atoms with Crippen molar-refractivity contribution in [1.82, 2.24) is 19.9 Å². The van der Waals surface area contributed by atoms with Crippen molar-refractivity contribution in [2.45, 2.75) is 32.7 Å². The molecule has 6 nitrogen and oxygen atoms in total. The number of H-pyrrole nitrogens is 1. The van der Waals surface area contributed by atoms with Gasteiger partial charge in [-0.3, -0.25) is 4.79 Å². The summed E-state index contributed by atoms with van der Waals surface area (Å²) in [6.07, 6.45) is 5.55. The molecule has 0 radical (unpaired) electrons. The highest BCUT2D eigenvalue weighted by Gasteiger charge is 2.37. The number of benzene rings is 2. The number of carbonyl (C=O) groups is 1. The zero-order valence-corrected chi connectivity index (χ0v) is 19.8. The smallest absolute Gasteiger partial charge is 0.254 e. The van der Waals surface area contributed by atoms with E-state index < -0.39 is 0 Å². The Morgan fingerprint density at radius 2 is 1.88 bits per heavy atom. The van der Waals surface area contributed by atoms with Gasteiger partial charge in [0, 0.05) is 31.4 Å². The minimum atomic E-state index is 0.111. The first kappa shape index (κ1) is 22.1. The van der Waals surface area contributed by atoms with Gasteiger partial charge in [0.15, 0.2) is 0 Å². The number of amides is 1. The summed E-state index contributed by atoms with van der Waals surface area (Å²) in [5.74, 6) is 1.39. The Hall–Kier alpha value is -3.67. The fourth-order valence-electron chi connectivity index (χ4n) is 5.01. The third-order valence-electron chi connectivity index (χ3n) is 6.84. The third-order valence-corrected chi connectivity index (χ3v) is 6.84. The Balaban J connectivity index is 1.42. The van der Waals surface area contributed by atoms with Crippen LogP contribution in [0.4, 0.5) is 5.82 Å². The summed E-state index contributed by atoms with van der Waals surface area (Å²) in [4.78, 5) is 30.4. The molecule has 2 aromatic carbocycles. The second kappa shape index (κ2) is 9.67. The van der Waals surface area contributed by atoms with Gasteiger partial charge in [-0.05, 0) is 41.7 Å². The van der Waals surface area contributed by atoms with Gasteiger partial charge in [0.2, 0.25) is 0 Å². The number of aromatic amines is 1. The zero-order chi connectivity index (χ0) is 23.5. The minimum absolute atomic E-state index is 0.111. The lowest BCUT2D eigenvalue weighted by atomic mass is 10.00. The van der Waals surface area contributed by atoms with E-state index in [0.717, 1.165) is 66.0 Å². The maximum Gasteiger partial charge on any atom is 0.254 e. The standard InChI is InChI=1S/C28H31N5O/c1-3-4-15-33(28(34)23-12-8-11-22(16-23)21-9-6-5-7-10-21)25-18-32(17-20(25)2)27-24-13-14-29-26(24)30-19-31-27/h5-14,16,19-20,25H,3-4,15,17-18H2,1-2H3,(H,29,30,31)/t20-,25?/m0/s1. The number of hydrogen-bond acceptors (Lipinski definition) is 4. The highest BCUT2D eigenvalue weighted by atomic mass is 16.2. The molecule has 1 aliphatic heterocycles.